The zero-order valence-corrected chi connectivity index (χ0v) is 12.3. The van der Waals surface area contributed by atoms with Crippen LogP contribution in [0.4, 0.5) is 8.78 Å². The average Bonchev–Trinajstić information content (AvgIpc) is 2.83. The van der Waals surface area contributed by atoms with Gasteiger partial charge in [-0.15, -0.1) is 0 Å². The van der Waals surface area contributed by atoms with Gasteiger partial charge in [-0.25, -0.2) is 8.78 Å². The molecule has 1 saturated heterocycles. The van der Waals surface area contributed by atoms with Crippen molar-refractivity contribution in [3.63, 3.8) is 0 Å². The number of alkyl halides is 2. The van der Waals surface area contributed by atoms with E-state index in [0.717, 1.165) is 19.8 Å². The molecular weight excluding hydrogens is 248 g/mol. The molecule has 19 heavy (non-hydrogen) atoms. The molecule has 2 nitrogen and oxygen atoms in total. The molecule has 0 saturated carbocycles. The van der Waals surface area contributed by atoms with Gasteiger partial charge in [0.05, 0.1) is 0 Å². The second kappa shape index (κ2) is 9.65. The van der Waals surface area contributed by atoms with E-state index in [4.69, 9.17) is 4.74 Å². The van der Waals surface area contributed by atoms with Gasteiger partial charge >= 0.3 is 0 Å². The Morgan fingerprint density at radius 1 is 0.947 bits per heavy atom. The number of hydrogen-bond donors (Lipinski definition) is 0. The highest BCUT2D eigenvalue weighted by atomic mass is 19.3. The van der Waals surface area contributed by atoms with E-state index in [-0.39, 0.29) is 0 Å². The summed E-state index contributed by atoms with van der Waals surface area (Å²) in [5.74, 6) is -2.68. The number of likely N-dealkylation sites (tertiary alicyclic amines) is 1. The average molecular weight is 277 g/mol. The van der Waals surface area contributed by atoms with Gasteiger partial charge in [-0.3, -0.25) is 0 Å². The molecular formula is C15H29F2NO. The molecule has 1 heterocycles. The summed E-state index contributed by atoms with van der Waals surface area (Å²) in [6.45, 7) is 4.76. The van der Waals surface area contributed by atoms with Gasteiger partial charge in [0.15, 0.2) is 0 Å². The SMILES string of the molecule is CC(F)(F)COCCCCCCCCN1CCCC1. The zero-order valence-electron chi connectivity index (χ0n) is 12.3. The Morgan fingerprint density at radius 3 is 2.16 bits per heavy atom. The predicted octanol–water partition coefficient (Wildman–Crippen LogP) is 4.09. The molecule has 0 aromatic rings. The Balaban J connectivity index is 1.74. The van der Waals surface area contributed by atoms with Crippen molar-refractivity contribution >= 4 is 0 Å². The third kappa shape index (κ3) is 10.3. The summed E-state index contributed by atoms with van der Waals surface area (Å²) in [7, 11) is 0. The molecule has 1 rings (SSSR count). The van der Waals surface area contributed by atoms with Gasteiger partial charge in [0.25, 0.3) is 5.92 Å². The smallest absolute Gasteiger partial charge is 0.268 e. The Morgan fingerprint density at radius 2 is 1.53 bits per heavy atom. The largest absolute Gasteiger partial charge is 0.375 e. The Hall–Kier alpha value is -0.220. The monoisotopic (exact) mass is 277 g/mol. The van der Waals surface area contributed by atoms with Crippen LogP contribution in [0.25, 0.3) is 0 Å². The van der Waals surface area contributed by atoms with Crippen molar-refractivity contribution in [2.45, 2.75) is 64.2 Å². The molecule has 1 aliphatic rings. The first-order valence-electron chi connectivity index (χ1n) is 7.76. The van der Waals surface area contributed by atoms with Crippen LogP contribution in [-0.4, -0.2) is 43.7 Å². The first-order chi connectivity index (χ1) is 9.08. The Labute approximate surface area is 116 Å². The molecule has 0 aliphatic carbocycles. The van der Waals surface area contributed by atoms with Crippen LogP contribution in [0.2, 0.25) is 0 Å². The fraction of sp³-hybridized carbons (Fsp3) is 1.00. The second-order valence-electron chi connectivity index (χ2n) is 5.79. The van der Waals surface area contributed by atoms with Crippen molar-refractivity contribution in [3.05, 3.63) is 0 Å². The van der Waals surface area contributed by atoms with Crippen molar-refractivity contribution in [2.24, 2.45) is 0 Å². The van der Waals surface area contributed by atoms with E-state index < -0.39 is 12.5 Å². The summed E-state index contributed by atoms with van der Waals surface area (Å²) in [5.41, 5.74) is 0. The molecule has 0 aromatic carbocycles. The molecule has 0 N–H and O–H groups in total. The van der Waals surface area contributed by atoms with Crippen LogP contribution in [0.3, 0.4) is 0 Å². The van der Waals surface area contributed by atoms with E-state index in [9.17, 15) is 8.78 Å². The zero-order chi connectivity index (χ0) is 14.0. The lowest BCUT2D eigenvalue weighted by atomic mass is 10.1. The first kappa shape index (κ1) is 16.8. The molecule has 0 aromatic heterocycles. The van der Waals surface area contributed by atoms with Crippen LogP contribution in [0.15, 0.2) is 0 Å². The summed E-state index contributed by atoms with van der Waals surface area (Å²) in [4.78, 5) is 2.55. The fourth-order valence-corrected chi connectivity index (χ4v) is 2.50. The van der Waals surface area contributed by atoms with Crippen LogP contribution in [0.1, 0.15) is 58.3 Å². The van der Waals surface area contributed by atoms with E-state index in [0.29, 0.717) is 6.61 Å². The molecule has 0 amide bonds. The topological polar surface area (TPSA) is 12.5 Å². The Kier molecular flexibility index (Phi) is 8.55. The number of hydrogen-bond acceptors (Lipinski definition) is 2. The van der Waals surface area contributed by atoms with Crippen LogP contribution in [0, 0.1) is 0 Å². The fourth-order valence-electron chi connectivity index (χ4n) is 2.50. The molecule has 4 heteroatoms. The lowest BCUT2D eigenvalue weighted by Crippen LogP contribution is -2.20. The molecule has 1 aliphatic heterocycles. The minimum atomic E-state index is -2.68. The Bertz CT molecular complexity index is 213. The summed E-state index contributed by atoms with van der Waals surface area (Å²) >= 11 is 0. The minimum Gasteiger partial charge on any atom is -0.375 e. The van der Waals surface area contributed by atoms with Crippen molar-refractivity contribution in [1.29, 1.82) is 0 Å². The van der Waals surface area contributed by atoms with Gasteiger partial charge in [-0.2, -0.15) is 0 Å². The third-order valence-electron chi connectivity index (χ3n) is 3.57. The lowest BCUT2D eigenvalue weighted by Gasteiger charge is -2.13. The molecule has 0 radical (unpaired) electrons. The minimum absolute atomic E-state index is 0.442. The van der Waals surface area contributed by atoms with E-state index in [1.807, 2.05) is 0 Å². The predicted molar refractivity (Wildman–Crippen MR) is 74.8 cm³/mol. The van der Waals surface area contributed by atoms with E-state index in [1.54, 1.807) is 0 Å². The van der Waals surface area contributed by atoms with Gasteiger partial charge in [0, 0.05) is 13.5 Å². The van der Waals surface area contributed by atoms with Crippen LogP contribution in [0.5, 0.6) is 0 Å². The molecule has 0 spiro atoms. The maximum absolute atomic E-state index is 12.4. The third-order valence-corrected chi connectivity index (χ3v) is 3.57. The second-order valence-corrected chi connectivity index (χ2v) is 5.79. The molecule has 0 unspecified atom stereocenters. The van der Waals surface area contributed by atoms with E-state index >= 15 is 0 Å². The van der Waals surface area contributed by atoms with E-state index in [1.165, 1.54) is 58.2 Å². The summed E-state index contributed by atoms with van der Waals surface area (Å²) in [6, 6.07) is 0. The number of ether oxygens (including phenoxy) is 1. The van der Waals surface area contributed by atoms with Crippen LogP contribution in [-0.2, 0) is 4.74 Å². The normalized spacial score (nSPS) is 17.2. The lowest BCUT2D eigenvalue weighted by molar-refractivity contribution is -0.0629. The van der Waals surface area contributed by atoms with Crippen molar-refractivity contribution in [2.75, 3.05) is 32.8 Å². The van der Waals surface area contributed by atoms with E-state index in [2.05, 4.69) is 4.90 Å². The maximum Gasteiger partial charge on any atom is 0.268 e. The molecule has 0 bridgehead atoms. The van der Waals surface area contributed by atoms with Crippen molar-refractivity contribution < 1.29 is 13.5 Å². The van der Waals surface area contributed by atoms with Crippen molar-refractivity contribution in [1.82, 2.24) is 4.90 Å². The highest BCUT2D eigenvalue weighted by Crippen LogP contribution is 2.13. The van der Waals surface area contributed by atoms with Crippen molar-refractivity contribution in [3.8, 4) is 0 Å². The van der Waals surface area contributed by atoms with Gasteiger partial charge in [-0.05, 0) is 45.3 Å². The van der Waals surface area contributed by atoms with Gasteiger partial charge in [-0.1, -0.05) is 25.7 Å². The molecule has 1 fully saturated rings. The summed E-state index contributed by atoms with van der Waals surface area (Å²) < 4.78 is 29.8. The highest BCUT2D eigenvalue weighted by molar-refractivity contribution is 4.65. The van der Waals surface area contributed by atoms with Gasteiger partial charge in [0.2, 0.25) is 0 Å². The quantitative estimate of drug-likeness (QED) is 0.527. The molecule has 114 valence electrons. The molecule has 0 atom stereocenters. The number of halogens is 2. The van der Waals surface area contributed by atoms with Crippen LogP contribution < -0.4 is 0 Å². The summed E-state index contributed by atoms with van der Waals surface area (Å²) in [5, 5.41) is 0. The first-order valence-corrected chi connectivity index (χ1v) is 7.76. The van der Waals surface area contributed by atoms with Gasteiger partial charge < -0.3 is 9.64 Å². The maximum atomic E-state index is 12.4. The number of unbranched alkanes of at least 4 members (excludes halogenated alkanes) is 5. The number of rotatable bonds is 11. The van der Waals surface area contributed by atoms with Gasteiger partial charge in [0.1, 0.15) is 6.61 Å². The number of nitrogens with zero attached hydrogens (tertiary/aromatic N) is 1. The summed E-state index contributed by atoms with van der Waals surface area (Å²) in [6.07, 6.45) is 9.81. The van der Waals surface area contributed by atoms with Crippen LogP contribution >= 0.6 is 0 Å². The standard InChI is InChI=1S/C15H29F2NO/c1-15(16,17)14-19-13-9-5-3-2-4-6-10-18-11-7-8-12-18/h2-14H2,1H3. The highest BCUT2D eigenvalue weighted by Gasteiger charge is 2.20.